The second kappa shape index (κ2) is 9.06. The number of hydrogen-bond donors (Lipinski definition) is 1. The predicted molar refractivity (Wildman–Crippen MR) is 117 cm³/mol. The molecule has 2 aliphatic rings. The maximum absolute atomic E-state index is 12.7. The largest absolute Gasteiger partial charge is 0.343 e. The average Bonchev–Trinajstić information content (AvgIpc) is 3.15. The molecular formula is C22H33N3O4S. The number of carbonyl (C=O) groups excluding carboxylic acids is 2. The fraction of sp³-hybridized carbons (Fsp3) is 0.636. The van der Waals surface area contributed by atoms with Crippen molar-refractivity contribution in [2.45, 2.75) is 76.2 Å². The minimum atomic E-state index is -3.63. The van der Waals surface area contributed by atoms with Gasteiger partial charge in [-0.05, 0) is 69.7 Å². The Labute approximate surface area is 179 Å². The molecule has 1 aromatic rings. The Balaban J connectivity index is 1.65. The van der Waals surface area contributed by atoms with E-state index < -0.39 is 15.6 Å². The second-order valence-corrected chi connectivity index (χ2v) is 10.6. The van der Waals surface area contributed by atoms with Crippen LogP contribution < -0.4 is 9.62 Å². The number of sulfonamides is 1. The molecule has 1 N–H and O–H groups in total. The van der Waals surface area contributed by atoms with Gasteiger partial charge in [0.05, 0.1) is 4.90 Å². The number of amides is 2. The van der Waals surface area contributed by atoms with Crippen molar-refractivity contribution in [2.75, 3.05) is 24.5 Å². The van der Waals surface area contributed by atoms with Crippen LogP contribution in [0.5, 0.6) is 0 Å². The minimum absolute atomic E-state index is 0.0496. The third-order valence-electron chi connectivity index (χ3n) is 6.11. The molecule has 0 bridgehead atoms. The summed E-state index contributed by atoms with van der Waals surface area (Å²) >= 11 is 0. The average molecular weight is 436 g/mol. The summed E-state index contributed by atoms with van der Waals surface area (Å²) in [6, 6.07) is 4.92. The molecule has 3 rings (SSSR count). The van der Waals surface area contributed by atoms with E-state index in [-0.39, 0.29) is 29.6 Å². The lowest BCUT2D eigenvalue weighted by Crippen LogP contribution is -2.42. The van der Waals surface area contributed by atoms with E-state index in [0.717, 1.165) is 43.6 Å². The SMILES string of the molecule is CCC(C)(C)NS(=O)(=O)c1ccc2c(c1)CCN2C(=O)CCC(=O)N1CCCCC1. The fourth-order valence-corrected chi connectivity index (χ4v) is 5.48. The highest BCUT2D eigenvalue weighted by Gasteiger charge is 2.29. The van der Waals surface area contributed by atoms with Crippen LogP contribution in [0.4, 0.5) is 5.69 Å². The number of carbonyl (C=O) groups is 2. The van der Waals surface area contributed by atoms with Crippen molar-refractivity contribution in [3.05, 3.63) is 23.8 Å². The Morgan fingerprint density at radius 2 is 1.70 bits per heavy atom. The van der Waals surface area contributed by atoms with Gasteiger partial charge in [0.15, 0.2) is 0 Å². The number of piperidine rings is 1. The molecular weight excluding hydrogens is 402 g/mol. The smallest absolute Gasteiger partial charge is 0.241 e. The fourth-order valence-electron chi connectivity index (χ4n) is 3.95. The number of rotatable bonds is 7. The van der Waals surface area contributed by atoms with Gasteiger partial charge in [0.25, 0.3) is 0 Å². The first-order chi connectivity index (χ1) is 14.1. The first-order valence-corrected chi connectivity index (χ1v) is 12.4. The molecule has 1 saturated heterocycles. The Morgan fingerprint density at radius 1 is 1.03 bits per heavy atom. The maximum Gasteiger partial charge on any atom is 0.241 e. The standard InChI is InChI=1S/C22H33N3O4S/c1-4-22(2,3)23-30(28,29)18-8-9-19-17(16-18)12-15-25(19)21(27)11-10-20(26)24-13-6-5-7-14-24/h8-9,16,23H,4-7,10-15H2,1-3H3. The highest BCUT2D eigenvalue weighted by atomic mass is 32.2. The van der Waals surface area contributed by atoms with Crippen LogP contribution in [0.3, 0.4) is 0 Å². The Morgan fingerprint density at radius 3 is 2.37 bits per heavy atom. The van der Waals surface area contributed by atoms with Crippen molar-refractivity contribution in [3.8, 4) is 0 Å². The van der Waals surface area contributed by atoms with Crippen LogP contribution in [0.15, 0.2) is 23.1 Å². The van der Waals surface area contributed by atoms with Crippen molar-refractivity contribution in [1.82, 2.24) is 9.62 Å². The minimum Gasteiger partial charge on any atom is -0.343 e. The number of benzene rings is 1. The lowest BCUT2D eigenvalue weighted by Gasteiger charge is -2.27. The molecule has 2 amide bonds. The lowest BCUT2D eigenvalue weighted by atomic mass is 10.0. The molecule has 2 aliphatic heterocycles. The monoisotopic (exact) mass is 435 g/mol. The zero-order valence-electron chi connectivity index (χ0n) is 18.2. The first-order valence-electron chi connectivity index (χ1n) is 10.9. The predicted octanol–water partition coefficient (Wildman–Crippen LogP) is 2.84. The molecule has 166 valence electrons. The summed E-state index contributed by atoms with van der Waals surface area (Å²) < 4.78 is 28.2. The Bertz CT molecular complexity index is 905. The number of anilines is 1. The summed E-state index contributed by atoms with van der Waals surface area (Å²) in [5.74, 6) is -0.0338. The number of nitrogens with one attached hydrogen (secondary N) is 1. The molecule has 0 saturated carbocycles. The van der Waals surface area contributed by atoms with Crippen molar-refractivity contribution < 1.29 is 18.0 Å². The van der Waals surface area contributed by atoms with Crippen LogP contribution >= 0.6 is 0 Å². The van der Waals surface area contributed by atoms with Crippen LogP contribution in [-0.4, -0.2) is 50.3 Å². The second-order valence-electron chi connectivity index (χ2n) is 8.87. The summed E-state index contributed by atoms with van der Waals surface area (Å²) in [5, 5.41) is 0. The lowest BCUT2D eigenvalue weighted by molar-refractivity contribution is -0.133. The normalized spacial score (nSPS) is 17.2. The summed E-state index contributed by atoms with van der Waals surface area (Å²) in [7, 11) is -3.63. The van der Waals surface area contributed by atoms with Gasteiger partial charge in [-0.1, -0.05) is 6.92 Å². The van der Waals surface area contributed by atoms with Gasteiger partial charge in [-0.15, -0.1) is 0 Å². The molecule has 1 fully saturated rings. The zero-order valence-corrected chi connectivity index (χ0v) is 19.1. The van der Waals surface area contributed by atoms with E-state index in [0.29, 0.717) is 19.4 Å². The van der Waals surface area contributed by atoms with Crippen LogP contribution in [0, 0.1) is 0 Å². The summed E-state index contributed by atoms with van der Waals surface area (Å²) in [5.41, 5.74) is 1.07. The van der Waals surface area contributed by atoms with Gasteiger partial charge in [0, 0.05) is 43.7 Å². The first kappa shape index (κ1) is 22.7. The molecule has 8 heteroatoms. The molecule has 0 radical (unpaired) electrons. The molecule has 0 atom stereocenters. The van der Waals surface area contributed by atoms with Crippen LogP contribution in [0.2, 0.25) is 0 Å². The number of hydrogen-bond acceptors (Lipinski definition) is 4. The van der Waals surface area contributed by atoms with Crippen LogP contribution in [0.25, 0.3) is 0 Å². The molecule has 30 heavy (non-hydrogen) atoms. The van der Waals surface area contributed by atoms with E-state index in [2.05, 4.69) is 4.72 Å². The van der Waals surface area contributed by atoms with Gasteiger partial charge in [-0.3, -0.25) is 9.59 Å². The van der Waals surface area contributed by atoms with Gasteiger partial charge in [0.2, 0.25) is 21.8 Å². The van der Waals surface area contributed by atoms with Crippen LogP contribution in [0.1, 0.15) is 64.9 Å². The van der Waals surface area contributed by atoms with Crippen molar-refractivity contribution in [1.29, 1.82) is 0 Å². The number of fused-ring (bicyclic) bond motifs is 1. The van der Waals surface area contributed by atoms with Crippen molar-refractivity contribution >= 4 is 27.5 Å². The molecule has 2 heterocycles. The van der Waals surface area contributed by atoms with Crippen LogP contribution in [-0.2, 0) is 26.0 Å². The number of nitrogens with zero attached hydrogens (tertiary/aromatic N) is 2. The molecule has 0 aromatic heterocycles. The third kappa shape index (κ3) is 5.21. The highest BCUT2D eigenvalue weighted by Crippen LogP contribution is 2.31. The topological polar surface area (TPSA) is 86.8 Å². The highest BCUT2D eigenvalue weighted by molar-refractivity contribution is 7.89. The van der Waals surface area contributed by atoms with Gasteiger partial charge in [0.1, 0.15) is 0 Å². The van der Waals surface area contributed by atoms with Gasteiger partial charge in [-0.2, -0.15) is 0 Å². The van der Waals surface area contributed by atoms with E-state index in [4.69, 9.17) is 0 Å². The summed E-state index contributed by atoms with van der Waals surface area (Å²) in [6.45, 7) is 7.74. The number of likely N-dealkylation sites (tertiary alicyclic amines) is 1. The Kier molecular flexibility index (Phi) is 6.87. The van der Waals surface area contributed by atoms with Crippen molar-refractivity contribution in [2.24, 2.45) is 0 Å². The van der Waals surface area contributed by atoms with Gasteiger partial charge < -0.3 is 9.80 Å². The van der Waals surface area contributed by atoms with E-state index in [1.165, 1.54) is 0 Å². The molecule has 0 unspecified atom stereocenters. The maximum atomic E-state index is 12.7. The third-order valence-corrected chi connectivity index (χ3v) is 7.81. The van der Waals surface area contributed by atoms with Gasteiger partial charge >= 0.3 is 0 Å². The molecule has 0 aliphatic carbocycles. The Hall–Kier alpha value is -1.93. The molecule has 0 spiro atoms. The van der Waals surface area contributed by atoms with E-state index in [1.807, 2.05) is 25.7 Å². The van der Waals surface area contributed by atoms with E-state index in [1.54, 1.807) is 23.1 Å². The molecule has 1 aromatic carbocycles. The quantitative estimate of drug-likeness (QED) is 0.713. The van der Waals surface area contributed by atoms with Gasteiger partial charge in [-0.25, -0.2) is 13.1 Å². The van der Waals surface area contributed by atoms with Crippen molar-refractivity contribution in [3.63, 3.8) is 0 Å². The van der Waals surface area contributed by atoms with E-state index >= 15 is 0 Å². The summed E-state index contributed by atoms with van der Waals surface area (Å²) in [4.78, 5) is 28.8. The van der Waals surface area contributed by atoms with E-state index in [9.17, 15) is 18.0 Å². The molecule has 7 nitrogen and oxygen atoms in total. The zero-order chi connectivity index (χ0) is 21.9. The summed E-state index contributed by atoms with van der Waals surface area (Å²) in [6.07, 6.45) is 4.94.